The average Bonchev–Trinajstić information content (AvgIpc) is 2.46. The summed E-state index contributed by atoms with van der Waals surface area (Å²) in [6, 6.07) is 1.92. The fourth-order valence-electron chi connectivity index (χ4n) is 1.17. The summed E-state index contributed by atoms with van der Waals surface area (Å²) in [5, 5.41) is 8.90. The molecule has 1 aromatic rings. The van der Waals surface area contributed by atoms with Crippen LogP contribution < -0.4 is 0 Å². The Morgan fingerprint density at radius 1 is 1.64 bits per heavy atom. The number of hydrogen-bond donors (Lipinski definition) is 2. The molecule has 2 N–H and O–H groups in total. The van der Waals surface area contributed by atoms with Gasteiger partial charge in [-0.15, -0.1) is 0 Å². The van der Waals surface area contributed by atoms with Gasteiger partial charge in [0.15, 0.2) is 0 Å². The highest BCUT2D eigenvalue weighted by Crippen LogP contribution is 2.11. The van der Waals surface area contributed by atoms with Gasteiger partial charge in [-0.25, -0.2) is 0 Å². The summed E-state index contributed by atoms with van der Waals surface area (Å²) < 4.78 is 0. The van der Waals surface area contributed by atoms with Crippen molar-refractivity contribution in [1.29, 1.82) is 0 Å². The van der Waals surface area contributed by atoms with E-state index in [-0.39, 0.29) is 6.61 Å². The van der Waals surface area contributed by atoms with E-state index < -0.39 is 0 Å². The zero-order valence-electron chi connectivity index (χ0n) is 6.72. The number of aliphatic hydroxyl groups excluding tert-OH is 1. The molecule has 0 bridgehead atoms. The zero-order chi connectivity index (χ0) is 8.27. The summed E-state index contributed by atoms with van der Waals surface area (Å²) in [6.45, 7) is 2.14. The molecule has 0 aromatic carbocycles. The minimum Gasteiger partial charge on any atom is -0.392 e. The van der Waals surface area contributed by atoms with Gasteiger partial charge >= 0.3 is 0 Å². The second-order valence-electron chi connectivity index (χ2n) is 2.51. The summed E-state index contributed by atoms with van der Waals surface area (Å²) >= 11 is 0. The van der Waals surface area contributed by atoms with E-state index in [9.17, 15) is 0 Å². The number of rotatable bonds is 3. The predicted molar refractivity (Wildman–Crippen MR) is 45.6 cm³/mol. The molecule has 11 heavy (non-hydrogen) atoms. The minimum absolute atomic E-state index is 0.0969. The SMILES string of the molecule is [B]Cc1cc(CO)c(CC)[nH]1. The van der Waals surface area contributed by atoms with Crippen molar-refractivity contribution in [2.24, 2.45) is 0 Å². The third kappa shape index (κ3) is 1.66. The first-order valence-electron chi connectivity index (χ1n) is 3.82. The lowest BCUT2D eigenvalue weighted by molar-refractivity contribution is 0.281. The van der Waals surface area contributed by atoms with Gasteiger partial charge in [0, 0.05) is 11.4 Å². The van der Waals surface area contributed by atoms with Crippen LogP contribution in [0.15, 0.2) is 6.07 Å². The van der Waals surface area contributed by atoms with Crippen LogP contribution in [-0.2, 0) is 19.3 Å². The van der Waals surface area contributed by atoms with Gasteiger partial charge in [0.05, 0.1) is 14.5 Å². The Balaban J connectivity index is 2.92. The highest BCUT2D eigenvalue weighted by Gasteiger charge is 2.02. The number of aryl methyl sites for hydroxylation is 1. The van der Waals surface area contributed by atoms with Gasteiger partial charge in [0.1, 0.15) is 0 Å². The minimum atomic E-state index is 0.0969. The Kier molecular flexibility index (Phi) is 2.77. The molecule has 0 unspecified atom stereocenters. The highest BCUT2D eigenvalue weighted by atomic mass is 16.3. The Bertz CT molecular complexity index is 210. The Labute approximate surface area is 68.0 Å². The van der Waals surface area contributed by atoms with Crippen molar-refractivity contribution in [3.8, 4) is 0 Å². The summed E-state index contributed by atoms with van der Waals surface area (Å²) in [7, 11) is 5.43. The zero-order valence-corrected chi connectivity index (χ0v) is 6.72. The van der Waals surface area contributed by atoms with Gasteiger partial charge in [-0.3, -0.25) is 0 Å². The van der Waals surface area contributed by atoms with E-state index in [1.165, 1.54) is 0 Å². The van der Waals surface area contributed by atoms with Crippen molar-refractivity contribution in [3.05, 3.63) is 23.0 Å². The first kappa shape index (κ1) is 8.40. The van der Waals surface area contributed by atoms with Crippen LogP contribution in [0.1, 0.15) is 23.9 Å². The number of aromatic amines is 1. The van der Waals surface area contributed by atoms with E-state index >= 15 is 0 Å². The molecule has 1 rings (SSSR count). The second kappa shape index (κ2) is 3.63. The number of aliphatic hydroxyl groups is 1. The van der Waals surface area contributed by atoms with Crippen molar-refractivity contribution >= 4 is 7.85 Å². The molecule has 0 amide bonds. The normalized spacial score (nSPS) is 10.4. The van der Waals surface area contributed by atoms with Gasteiger partial charge in [0.2, 0.25) is 0 Å². The molecule has 0 aliphatic carbocycles. The van der Waals surface area contributed by atoms with Crippen molar-refractivity contribution < 1.29 is 5.11 Å². The third-order valence-electron chi connectivity index (χ3n) is 1.79. The lowest BCUT2D eigenvalue weighted by atomic mass is 10.0. The van der Waals surface area contributed by atoms with Crippen LogP contribution in [0.5, 0.6) is 0 Å². The molecular weight excluding hydrogens is 137 g/mol. The highest BCUT2D eigenvalue weighted by molar-refractivity contribution is 6.08. The Morgan fingerprint density at radius 3 is 2.73 bits per heavy atom. The Morgan fingerprint density at radius 2 is 2.36 bits per heavy atom. The topological polar surface area (TPSA) is 36.0 Å². The maximum Gasteiger partial charge on any atom is 0.0736 e. The maximum atomic E-state index is 8.90. The van der Waals surface area contributed by atoms with Gasteiger partial charge in [-0.05, 0) is 24.4 Å². The molecule has 2 radical (unpaired) electrons. The number of nitrogens with one attached hydrogen (secondary N) is 1. The van der Waals surface area contributed by atoms with Crippen LogP contribution >= 0.6 is 0 Å². The first-order valence-corrected chi connectivity index (χ1v) is 3.82. The van der Waals surface area contributed by atoms with Crippen molar-refractivity contribution in [2.75, 3.05) is 0 Å². The molecule has 1 heterocycles. The van der Waals surface area contributed by atoms with Gasteiger partial charge < -0.3 is 10.1 Å². The second-order valence-corrected chi connectivity index (χ2v) is 2.51. The quantitative estimate of drug-likeness (QED) is 0.610. The fraction of sp³-hybridized carbons (Fsp3) is 0.500. The Hall–Kier alpha value is -0.695. The van der Waals surface area contributed by atoms with E-state index in [0.717, 1.165) is 23.4 Å². The summed E-state index contributed by atoms with van der Waals surface area (Å²) in [4.78, 5) is 3.15. The first-order chi connectivity index (χ1) is 5.31. The van der Waals surface area contributed by atoms with Crippen LogP contribution in [0.3, 0.4) is 0 Å². The average molecular weight is 149 g/mol. The van der Waals surface area contributed by atoms with Crippen LogP contribution in [0.2, 0.25) is 0 Å². The molecule has 0 aliphatic heterocycles. The number of H-pyrrole nitrogens is 1. The van der Waals surface area contributed by atoms with Gasteiger partial charge in [-0.2, -0.15) is 0 Å². The lowest BCUT2D eigenvalue weighted by Crippen LogP contribution is -1.88. The van der Waals surface area contributed by atoms with Crippen LogP contribution in [0, 0.1) is 0 Å². The number of hydrogen-bond acceptors (Lipinski definition) is 1. The molecule has 0 saturated heterocycles. The van der Waals surface area contributed by atoms with E-state index in [0.29, 0.717) is 6.32 Å². The summed E-state index contributed by atoms with van der Waals surface area (Å²) in [6.07, 6.45) is 1.42. The lowest BCUT2D eigenvalue weighted by Gasteiger charge is -1.93. The molecular formula is C8H12BNO. The molecule has 3 heteroatoms. The van der Waals surface area contributed by atoms with Gasteiger partial charge in [0.25, 0.3) is 0 Å². The predicted octanol–water partition coefficient (Wildman–Crippen LogP) is 0.738. The van der Waals surface area contributed by atoms with Crippen molar-refractivity contribution in [1.82, 2.24) is 4.98 Å². The van der Waals surface area contributed by atoms with Crippen LogP contribution in [0.25, 0.3) is 0 Å². The monoisotopic (exact) mass is 149 g/mol. The van der Waals surface area contributed by atoms with Crippen LogP contribution in [-0.4, -0.2) is 17.9 Å². The van der Waals surface area contributed by atoms with E-state index in [1.807, 2.05) is 13.0 Å². The molecule has 0 spiro atoms. The number of aromatic nitrogens is 1. The third-order valence-corrected chi connectivity index (χ3v) is 1.79. The standard InChI is InChI=1S/C8H12BNO/c1-2-8-6(5-11)3-7(4-9)10-8/h3,10-11H,2,4-5H2,1H3. The van der Waals surface area contributed by atoms with Crippen molar-refractivity contribution in [2.45, 2.75) is 26.3 Å². The van der Waals surface area contributed by atoms with E-state index in [2.05, 4.69) is 4.98 Å². The largest absolute Gasteiger partial charge is 0.392 e. The fourth-order valence-corrected chi connectivity index (χ4v) is 1.17. The van der Waals surface area contributed by atoms with Crippen LogP contribution in [0.4, 0.5) is 0 Å². The smallest absolute Gasteiger partial charge is 0.0736 e. The molecule has 1 aromatic heterocycles. The molecule has 0 atom stereocenters. The van der Waals surface area contributed by atoms with E-state index in [1.54, 1.807) is 0 Å². The molecule has 58 valence electrons. The molecule has 2 nitrogen and oxygen atoms in total. The van der Waals surface area contributed by atoms with E-state index in [4.69, 9.17) is 13.0 Å². The molecule has 0 fully saturated rings. The maximum absolute atomic E-state index is 8.90. The van der Waals surface area contributed by atoms with Gasteiger partial charge in [-0.1, -0.05) is 6.92 Å². The summed E-state index contributed by atoms with van der Waals surface area (Å²) in [5.41, 5.74) is 3.05. The molecule has 0 saturated carbocycles. The molecule has 0 aliphatic rings. The summed E-state index contributed by atoms with van der Waals surface area (Å²) in [5.74, 6) is 0. The van der Waals surface area contributed by atoms with Crippen molar-refractivity contribution in [3.63, 3.8) is 0 Å².